The van der Waals surface area contributed by atoms with Crippen LogP contribution in [-0.4, -0.2) is 36.7 Å². The summed E-state index contributed by atoms with van der Waals surface area (Å²) in [5, 5.41) is 3.16. The first-order valence-electron chi connectivity index (χ1n) is 6.16. The predicted octanol–water partition coefficient (Wildman–Crippen LogP) is 1.46. The number of methoxy groups -OCH3 is 1. The summed E-state index contributed by atoms with van der Waals surface area (Å²) in [6, 6.07) is 0. The fraction of sp³-hybridized carbons (Fsp3) is 0.750. The van der Waals surface area contributed by atoms with E-state index in [-0.39, 0.29) is 0 Å². The van der Waals surface area contributed by atoms with Gasteiger partial charge >= 0.3 is 0 Å². The molecular weight excluding hydrogens is 234 g/mol. The van der Waals surface area contributed by atoms with E-state index in [1.807, 2.05) is 0 Å². The van der Waals surface area contributed by atoms with E-state index in [0.29, 0.717) is 6.54 Å². The number of rotatable bonds is 5. The molecule has 0 amide bonds. The summed E-state index contributed by atoms with van der Waals surface area (Å²) in [4.78, 5) is 6.98. The zero-order chi connectivity index (χ0) is 12.1. The normalized spacial score (nSPS) is 18.7. The van der Waals surface area contributed by atoms with Crippen LogP contribution in [0, 0.1) is 5.92 Å². The van der Waals surface area contributed by atoms with Crippen molar-refractivity contribution in [1.82, 2.24) is 9.88 Å². The number of hydrogen-bond donors (Lipinski definition) is 1. The molecule has 4 nitrogen and oxygen atoms in total. The van der Waals surface area contributed by atoms with Crippen LogP contribution >= 0.6 is 11.3 Å². The fourth-order valence-corrected chi connectivity index (χ4v) is 2.96. The van der Waals surface area contributed by atoms with Crippen LogP contribution in [0.2, 0.25) is 0 Å². The molecule has 2 rings (SSSR count). The second-order valence-corrected chi connectivity index (χ2v) is 5.55. The number of piperidine rings is 1. The zero-order valence-electron chi connectivity index (χ0n) is 10.4. The molecule has 1 saturated heterocycles. The fourth-order valence-electron chi connectivity index (χ4n) is 2.29. The maximum Gasteiger partial charge on any atom is 0.106 e. The second-order valence-electron chi connectivity index (χ2n) is 4.61. The molecule has 5 heteroatoms. The maximum absolute atomic E-state index is 5.57. The van der Waals surface area contributed by atoms with Crippen molar-refractivity contribution >= 4 is 11.3 Å². The molecule has 0 saturated carbocycles. The Labute approximate surface area is 107 Å². The third-order valence-electron chi connectivity index (χ3n) is 3.27. The first kappa shape index (κ1) is 13.0. The van der Waals surface area contributed by atoms with E-state index in [1.165, 1.54) is 18.5 Å². The van der Waals surface area contributed by atoms with Crippen LogP contribution in [-0.2, 0) is 17.8 Å². The monoisotopic (exact) mass is 255 g/mol. The van der Waals surface area contributed by atoms with Crippen molar-refractivity contribution in [2.75, 3.05) is 26.8 Å². The van der Waals surface area contributed by atoms with E-state index in [9.17, 15) is 0 Å². The van der Waals surface area contributed by atoms with Gasteiger partial charge in [-0.05, 0) is 31.8 Å². The summed E-state index contributed by atoms with van der Waals surface area (Å²) in [5.41, 5.74) is 6.74. The van der Waals surface area contributed by atoms with Gasteiger partial charge in [0.05, 0.1) is 5.69 Å². The van der Waals surface area contributed by atoms with E-state index in [1.54, 1.807) is 18.4 Å². The minimum Gasteiger partial charge on any atom is -0.384 e. The van der Waals surface area contributed by atoms with Gasteiger partial charge in [-0.3, -0.25) is 4.90 Å². The molecule has 17 heavy (non-hydrogen) atoms. The Morgan fingerprint density at radius 3 is 2.88 bits per heavy atom. The first-order chi connectivity index (χ1) is 8.31. The molecule has 1 aromatic rings. The van der Waals surface area contributed by atoms with Crippen LogP contribution < -0.4 is 5.73 Å². The van der Waals surface area contributed by atoms with Gasteiger partial charge in [0, 0.05) is 32.2 Å². The Hall–Kier alpha value is -0.490. The minimum absolute atomic E-state index is 0.556. The lowest BCUT2D eigenvalue weighted by atomic mass is 9.98. The van der Waals surface area contributed by atoms with Gasteiger partial charge in [0.1, 0.15) is 5.01 Å². The molecular formula is C12H21N3OS. The van der Waals surface area contributed by atoms with Crippen LogP contribution in [0.3, 0.4) is 0 Å². The van der Waals surface area contributed by atoms with Crippen LogP contribution in [0.4, 0.5) is 0 Å². The Balaban J connectivity index is 1.77. The van der Waals surface area contributed by atoms with E-state index in [4.69, 9.17) is 10.5 Å². The molecule has 0 aliphatic carbocycles. The molecule has 0 spiro atoms. The van der Waals surface area contributed by atoms with E-state index in [2.05, 4.69) is 15.3 Å². The molecule has 2 N–H and O–H groups in total. The van der Waals surface area contributed by atoms with Crippen molar-refractivity contribution in [3.63, 3.8) is 0 Å². The summed E-state index contributed by atoms with van der Waals surface area (Å²) < 4.78 is 5.21. The molecule has 0 unspecified atom stereocenters. The average molecular weight is 255 g/mol. The first-order valence-corrected chi connectivity index (χ1v) is 7.04. The lowest BCUT2D eigenvalue weighted by Gasteiger charge is -2.30. The smallest absolute Gasteiger partial charge is 0.106 e. The van der Waals surface area contributed by atoms with E-state index < -0.39 is 0 Å². The molecule has 0 bridgehead atoms. The van der Waals surface area contributed by atoms with Gasteiger partial charge in [-0.25, -0.2) is 4.98 Å². The van der Waals surface area contributed by atoms with Crippen molar-refractivity contribution in [2.45, 2.75) is 25.9 Å². The van der Waals surface area contributed by atoms with Gasteiger partial charge in [-0.2, -0.15) is 0 Å². The summed E-state index contributed by atoms with van der Waals surface area (Å²) in [5.74, 6) is 0.742. The highest BCUT2D eigenvalue weighted by atomic mass is 32.1. The number of nitrogens with zero attached hydrogens (tertiary/aromatic N) is 2. The second kappa shape index (κ2) is 6.44. The van der Waals surface area contributed by atoms with Gasteiger partial charge < -0.3 is 10.5 Å². The van der Waals surface area contributed by atoms with Gasteiger partial charge in [-0.1, -0.05) is 0 Å². The quantitative estimate of drug-likeness (QED) is 0.865. The SMILES string of the molecule is COCC1CCN(Cc2csc(CN)n2)CC1. The van der Waals surface area contributed by atoms with Crippen LogP contribution in [0.1, 0.15) is 23.5 Å². The minimum atomic E-state index is 0.556. The van der Waals surface area contributed by atoms with Crippen LogP contribution in [0.5, 0.6) is 0 Å². The van der Waals surface area contributed by atoms with Gasteiger partial charge in [0.15, 0.2) is 0 Å². The Morgan fingerprint density at radius 1 is 1.53 bits per heavy atom. The van der Waals surface area contributed by atoms with Crippen molar-refractivity contribution in [1.29, 1.82) is 0 Å². The molecule has 0 atom stereocenters. The standard InChI is InChI=1S/C12H21N3OS/c1-16-8-10-2-4-15(5-3-10)7-11-9-17-12(6-13)14-11/h9-10H,2-8,13H2,1H3. The maximum atomic E-state index is 5.57. The molecule has 0 radical (unpaired) electrons. The topological polar surface area (TPSA) is 51.4 Å². The largest absolute Gasteiger partial charge is 0.384 e. The van der Waals surface area contributed by atoms with Crippen LogP contribution in [0.25, 0.3) is 0 Å². The third kappa shape index (κ3) is 3.74. The summed E-state index contributed by atoms with van der Waals surface area (Å²) in [6.07, 6.45) is 2.48. The van der Waals surface area contributed by atoms with Gasteiger partial charge in [0.25, 0.3) is 0 Å². The predicted molar refractivity (Wildman–Crippen MR) is 69.9 cm³/mol. The van der Waals surface area contributed by atoms with E-state index in [0.717, 1.165) is 37.2 Å². The number of thiazole rings is 1. The highest BCUT2D eigenvalue weighted by Crippen LogP contribution is 2.19. The van der Waals surface area contributed by atoms with Crippen molar-refractivity contribution in [3.05, 3.63) is 16.1 Å². The average Bonchev–Trinajstić information content (AvgIpc) is 2.80. The van der Waals surface area contributed by atoms with Crippen molar-refractivity contribution in [2.24, 2.45) is 11.7 Å². The summed E-state index contributed by atoms with van der Waals surface area (Å²) in [6.45, 7) is 4.74. The number of ether oxygens (including phenoxy) is 1. The lowest BCUT2D eigenvalue weighted by Crippen LogP contribution is -2.34. The summed E-state index contributed by atoms with van der Waals surface area (Å²) in [7, 11) is 1.79. The molecule has 1 fully saturated rings. The third-order valence-corrected chi connectivity index (χ3v) is 4.19. The molecule has 96 valence electrons. The van der Waals surface area contributed by atoms with Gasteiger partial charge in [0.2, 0.25) is 0 Å². The van der Waals surface area contributed by atoms with Crippen molar-refractivity contribution in [3.8, 4) is 0 Å². The Kier molecular flexibility index (Phi) is 4.91. The summed E-state index contributed by atoms with van der Waals surface area (Å²) >= 11 is 1.66. The Morgan fingerprint density at radius 2 is 2.29 bits per heavy atom. The van der Waals surface area contributed by atoms with E-state index >= 15 is 0 Å². The molecule has 1 aromatic heterocycles. The number of likely N-dealkylation sites (tertiary alicyclic amines) is 1. The zero-order valence-corrected chi connectivity index (χ0v) is 11.2. The molecule has 1 aliphatic rings. The van der Waals surface area contributed by atoms with Gasteiger partial charge in [-0.15, -0.1) is 11.3 Å². The Bertz CT molecular complexity index is 334. The lowest BCUT2D eigenvalue weighted by molar-refractivity contribution is 0.0964. The molecule has 2 heterocycles. The highest BCUT2D eigenvalue weighted by molar-refractivity contribution is 7.09. The number of aromatic nitrogens is 1. The van der Waals surface area contributed by atoms with Crippen molar-refractivity contribution < 1.29 is 4.74 Å². The molecule has 1 aliphatic heterocycles. The number of nitrogens with two attached hydrogens (primary N) is 1. The number of hydrogen-bond acceptors (Lipinski definition) is 5. The molecule has 0 aromatic carbocycles. The van der Waals surface area contributed by atoms with Crippen LogP contribution in [0.15, 0.2) is 5.38 Å². The highest BCUT2D eigenvalue weighted by Gasteiger charge is 2.19.